The number of carbonyl (C=O) groups is 1. The van der Waals surface area contributed by atoms with Crippen molar-refractivity contribution in [3.8, 4) is 17.2 Å². The average molecular weight is 449 g/mol. The van der Waals surface area contributed by atoms with E-state index in [1.165, 1.54) is 11.8 Å². The fourth-order valence-electron chi connectivity index (χ4n) is 2.26. The molecule has 0 N–H and O–H groups in total. The Kier molecular flexibility index (Phi) is 8.10. The van der Waals surface area contributed by atoms with Crippen LogP contribution >= 0.6 is 23.4 Å². The van der Waals surface area contributed by atoms with E-state index in [-0.39, 0.29) is 10.8 Å². The smallest absolute Gasteiger partial charge is 0.416 e. The average Bonchev–Trinajstić information content (AvgIpc) is 2.67. The fraction of sp³-hybridized carbons (Fsp3) is 0.350. The van der Waals surface area contributed by atoms with Crippen LogP contribution in [0.5, 0.6) is 17.2 Å². The molecule has 0 fully saturated rings. The number of alkyl halides is 3. The Balaban J connectivity index is 2.21. The van der Waals surface area contributed by atoms with Gasteiger partial charge in [0.1, 0.15) is 17.2 Å². The number of carbonyl (C=O) groups excluding carboxylic acids is 1. The highest BCUT2D eigenvalue weighted by Crippen LogP contribution is 2.38. The second-order valence-electron chi connectivity index (χ2n) is 5.99. The molecule has 0 heterocycles. The van der Waals surface area contributed by atoms with Gasteiger partial charge in [-0.3, -0.25) is 0 Å². The summed E-state index contributed by atoms with van der Waals surface area (Å²) in [4.78, 5) is 12.7. The van der Waals surface area contributed by atoms with Crippen molar-refractivity contribution in [1.29, 1.82) is 0 Å². The van der Waals surface area contributed by atoms with Crippen molar-refractivity contribution in [3.63, 3.8) is 0 Å². The molecular formula is C20H20ClF3O4S. The molecule has 9 heteroatoms. The Morgan fingerprint density at radius 3 is 2.48 bits per heavy atom. The molecule has 0 aromatic heterocycles. The van der Waals surface area contributed by atoms with Gasteiger partial charge in [-0.2, -0.15) is 13.2 Å². The molecule has 1 atom stereocenters. The van der Waals surface area contributed by atoms with Gasteiger partial charge in [0.25, 0.3) is 0 Å². The monoisotopic (exact) mass is 448 g/mol. The molecule has 0 bridgehead atoms. The van der Waals surface area contributed by atoms with Crippen molar-refractivity contribution >= 4 is 29.3 Å². The van der Waals surface area contributed by atoms with Crippen LogP contribution in [0.4, 0.5) is 13.2 Å². The first-order valence-electron chi connectivity index (χ1n) is 8.71. The largest absolute Gasteiger partial charge is 0.478 e. The standard InChI is InChI=1S/C20H20ClF3O4S/c1-4-9-26-19(25)12(2)27-17-11-14(6-8-18(17)29-3)28-16-7-5-13(10-15(16)21)20(22,23)24/h5-8,10-12H,4,9H2,1-3H3. The van der Waals surface area contributed by atoms with Gasteiger partial charge < -0.3 is 14.2 Å². The maximum Gasteiger partial charge on any atom is 0.416 e. The molecule has 0 amide bonds. The predicted octanol–water partition coefficient (Wildman–Crippen LogP) is 6.59. The van der Waals surface area contributed by atoms with E-state index >= 15 is 0 Å². The Morgan fingerprint density at radius 2 is 1.90 bits per heavy atom. The molecule has 0 spiro atoms. The van der Waals surface area contributed by atoms with Crippen LogP contribution in [0.1, 0.15) is 25.8 Å². The van der Waals surface area contributed by atoms with Gasteiger partial charge in [-0.05, 0) is 49.9 Å². The Labute approximate surface area is 176 Å². The zero-order valence-corrected chi connectivity index (χ0v) is 17.6. The lowest BCUT2D eigenvalue weighted by Crippen LogP contribution is -2.26. The van der Waals surface area contributed by atoms with E-state index in [1.807, 2.05) is 13.2 Å². The van der Waals surface area contributed by atoms with E-state index in [9.17, 15) is 18.0 Å². The highest BCUT2D eigenvalue weighted by Gasteiger charge is 2.31. The summed E-state index contributed by atoms with van der Waals surface area (Å²) in [6.45, 7) is 3.76. The van der Waals surface area contributed by atoms with Gasteiger partial charge in [0.15, 0.2) is 6.10 Å². The summed E-state index contributed by atoms with van der Waals surface area (Å²) >= 11 is 7.34. The van der Waals surface area contributed by atoms with Crippen molar-refractivity contribution in [2.75, 3.05) is 12.9 Å². The van der Waals surface area contributed by atoms with Crippen molar-refractivity contribution in [2.45, 2.75) is 37.4 Å². The molecule has 0 aliphatic carbocycles. The molecule has 2 aromatic rings. The molecule has 4 nitrogen and oxygen atoms in total. The quantitative estimate of drug-likeness (QED) is 0.336. The maximum absolute atomic E-state index is 12.8. The summed E-state index contributed by atoms with van der Waals surface area (Å²) in [7, 11) is 0. The Hall–Kier alpha value is -2.06. The fourth-order valence-corrected chi connectivity index (χ4v) is 2.99. The molecule has 2 rings (SSSR count). The van der Waals surface area contributed by atoms with Gasteiger partial charge in [-0.15, -0.1) is 11.8 Å². The number of benzene rings is 2. The SMILES string of the molecule is CCCOC(=O)C(C)Oc1cc(Oc2ccc(C(F)(F)F)cc2Cl)ccc1SC. The molecule has 158 valence electrons. The topological polar surface area (TPSA) is 44.8 Å². The molecule has 29 heavy (non-hydrogen) atoms. The second kappa shape index (κ2) is 10.1. The van der Waals surface area contributed by atoms with E-state index in [1.54, 1.807) is 25.1 Å². The molecule has 0 aliphatic heterocycles. The first-order valence-corrected chi connectivity index (χ1v) is 10.3. The molecule has 0 radical (unpaired) electrons. The summed E-state index contributed by atoms with van der Waals surface area (Å²) < 4.78 is 54.7. The first-order chi connectivity index (χ1) is 13.7. The molecular weight excluding hydrogens is 429 g/mol. The molecule has 2 aromatic carbocycles. The number of rotatable bonds is 8. The molecule has 1 unspecified atom stereocenters. The van der Waals surface area contributed by atoms with Crippen LogP contribution in [-0.4, -0.2) is 24.9 Å². The van der Waals surface area contributed by atoms with Gasteiger partial charge in [0, 0.05) is 11.0 Å². The molecule has 0 saturated heterocycles. The first kappa shape index (κ1) is 23.2. The summed E-state index contributed by atoms with van der Waals surface area (Å²) in [6.07, 6.45) is -2.79. The van der Waals surface area contributed by atoms with Gasteiger partial charge >= 0.3 is 12.1 Å². The second-order valence-corrected chi connectivity index (χ2v) is 7.24. The van der Waals surface area contributed by atoms with Crippen LogP contribution in [-0.2, 0) is 15.7 Å². The zero-order valence-electron chi connectivity index (χ0n) is 16.0. The number of esters is 1. The summed E-state index contributed by atoms with van der Waals surface area (Å²) in [6, 6.07) is 7.74. The minimum atomic E-state index is -4.49. The van der Waals surface area contributed by atoms with Crippen LogP contribution in [0.3, 0.4) is 0 Å². The zero-order chi connectivity index (χ0) is 21.6. The summed E-state index contributed by atoms with van der Waals surface area (Å²) in [5, 5.41) is -0.173. The summed E-state index contributed by atoms with van der Waals surface area (Å²) in [5.41, 5.74) is -0.865. The minimum absolute atomic E-state index is 0.0675. The van der Waals surface area contributed by atoms with E-state index in [0.29, 0.717) is 24.5 Å². The van der Waals surface area contributed by atoms with Gasteiger partial charge in [-0.25, -0.2) is 4.79 Å². The van der Waals surface area contributed by atoms with E-state index in [2.05, 4.69) is 0 Å². The number of thioether (sulfide) groups is 1. The maximum atomic E-state index is 12.8. The predicted molar refractivity (Wildman–Crippen MR) is 106 cm³/mol. The third-order valence-electron chi connectivity index (χ3n) is 3.71. The lowest BCUT2D eigenvalue weighted by Gasteiger charge is -2.17. The lowest BCUT2D eigenvalue weighted by molar-refractivity contribution is -0.151. The third kappa shape index (κ3) is 6.47. The molecule has 0 aliphatic rings. The number of hydrogen-bond donors (Lipinski definition) is 0. The highest BCUT2D eigenvalue weighted by atomic mass is 35.5. The highest BCUT2D eigenvalue weighted by molar-refractivity contribution is 7.98. The van der Waals surface area contributed by atoms with E-state index in [4.69, 9.17) is 25.8 Å². The van der Waals surface area contributed by atoms with Gasteiger partial charge in [-0.1, -0.05) is 18.5 Å². The van der Waals surface area contributed by atoms with E-state index < -0.39 is 23.8 Å². The lowest BCUT2D eigenvalue weighted by atomic mass is 10.2. The van der Waals surface area contributed by atoms with Crippen LogP contribution in [0, 0.1) is 0 Å². The van der Waals surface area contributed by atoms with Crippen LogP contribution in [0.15, 0.2) is 41.3 Å². The summed E-state index contributed by atoms with van der Waals surface area (Å²) in [5.74, 6) is 0.265. The number of ether oxygens (including phenoxy) is 3. The number of halogens is 4. The minimum Gasteiger partial charge on any atom is -0.478 e. The Bertz CT molecular complexity index is 858. The molecule has 0 saturated carbocycles. The van der Waals surface area contributed by atoms with Crippen LogP contribution in [0.25, 0.3) is 0 Å². The van der Waals surface area contributed by atoms with Crippen molar-refractivity contribution in [2.24, 2.45) is 0 Å². The Morgan fingerprint density at radius 1 is 1.17 bits per heavy atom. The normalized spacial score (nSPS) is 12.4. The van der Waals surface area contributed by atoms with Gasteiger partial charge in [0.2, 0.25) is 0 Å². The third-order valence-corrected chi connectivity index (χ3v) is 4.78. The van der Waals surface area contributed by atoms with Crippen LogP contribution < -0.4 is 9.47 Å². The van der Waals surface area contributed by atoms with Crippen molar-refractivity contribution < 1.29 is 32.2 Å². The number of hydrogen-bond acceptors (Lipinski definition) is 5. The van der Waals surface area contributed by atoms with Crippen molar-refractivity contribution in [1.82, 2.24) is 0 Å². The van der Waals surface area contributed by atoms with E-state index in [0.717, 1.165) is 23.1 Å². The van der Waals surface area contributed by atoms with Crippen molar-refractivity contribution in [3.05, 3.63) is 47.0 Å². The van der Waals surface area contributed by atoms with Gasteiger partial charge in [0.05, 0.1) is 17.2 Å². The van der Waals surface area contributed by atoms with Crippen LogP contribution in [0.2, 0.25) is 5.02 Å².